The second-order valence-electron chi connectivity index (χ2n) is 6.90. The highest BCUT2D eigenvalue weighted by molar-refractivity contribution is 5.47. The summed E-state index contributed by atoms with van der Waals surface area (Å²) >= 11 is 0. The normalized spacial score (nSPS) is 11.7. The fourth-order valence-corrected chi connectivity index (χ4v) is 2.62. The molecule has 2 aromatic heterocycles. The van der Waals surface area contributed by atoms with E-state index in [9.17, 15) is 0 Å². The number of aromatic nitrogens is 4. The molecule has 3 aromatic rings. The molecule has 1 aromatic carbocycles. The maximum atomic E-state index is 5.43. The van der Waals surface area contributed by atoms with Gasteiger partial charge in [-0.3, -0.25) is 0 Å². The van der Waals surface area contributed by atoms with Crippen LogP contribution in [0.4, 0.5) is 5.82 Å². The van der Waals surface area contributed by atoms with Gasteiger partial charge >= 0.3 is 0 Å². The lowest BCUT2D eigenvalue weighted by Gasteiger charge is -2.20. The summed E-state index contributed by atoms with van der Waals surface area (Å²) in [6.45, 7) is 7.03. The topological polar surface area (TPSA) is 55.5 Å². The van der Waals surface area contributed by atoms with Gasteiger partial charge in [-0.1, -0.05) is 39.0 Å². The van der Waals surface area contributed by atoms with Crippen molar-refractivity contribution in [1.29, 1.82) is 0 Å². The first-order chi connectivity index (χ1) is 11.4. The average molecular weight is 325 g/mol. The van der Waals surface area contributed by atoms with Crippen molar-refractivity contribution in [2.24, 2.45) is 0 Å². The average Bonchev–Trinajstić information content (AvgIpc) is 2.98. The van der Waals surface area contributed by atoms with E-state index in [2.05, 4.69) is 41.9 Å². The van der Waals surface area contributed by atoms with E-state index in [0.717, 1.165) is 28.6 Å². The lowest BCUT2D eigenvalue weighted by molar-refractivity contribution is 0.409. The Labute approximate surface area is 142 Å². The molecule has 0 atom stereocenters. The Morgan fingerprint density at radius 2 is 1.83 bits per heavy atom. The number of fused-ring (bicyclic) bond motifs is 1. The Kier molecular flexibility index (Phi) is 4.13. The van der Waals surface area contributed by atoms with Crippen LogP contribution in [0.25, 0.3) is 5.65 Å². The second-order valence-corrected chi connectivity index (χ2v) is 6.90. The molecule has 0 N–H and O–H groups in total. The molecule has 24 heavy (non-hydrogen) atoms. The van der Waals surface area contributed by atoms with Crippen molar-refractivity contribution < 1.29 is 4.74 Å². The van der Waals surface area contributed by atoms with Gasteiger partial charge in [-0.25, -0.2) is 0 Å². The van der Waals surface area contributed by atoms with E-state index in [-0.39, 0.29) is 5.41 Å². The van der Waals surface area contributed by atoms with E-state index in [4.69, 9.17) is 9.84 Å². The van der Waals surface area contributed by atoms with Gasteiger partial charge in [-0.05, 0) is 18.2 Å². The number of anilines is 1. The highest BCUT2D eigenvalue weighted by Gasteiger charge is 2.22. The number of nitrogens with zero attached hydrogens (tertiary/aromatic N) is 5. The molecule has 6 nitrogen and oxygen atoms in total. The number of methoxy groups -OCH3 is 1. The zero-order valence-corrected chi connectivity index (χ0v) is 14.8. The first-order valence-corrected chi connectivity index (χ1v) is 7.96. The number of benzene rings is 1. The molecule has 0 aliphatic rings. The number of hydrogen-bond acceptors (Lipinski definition) is 5. The van der Waals surface area contributed by atoms with Gasteiger partial charge in [0.2, 0.25) is 0 Å². The predicted octanol–water partition coefficient (Wildman–Crippen LogP) is 3.07. The zero-order valence-electron chi connectivity index (χ0n) is 14.8. The highest BCUT2D eigenvalue weighted by atomic mass is 16.5. The van der Waals surface area contributed by atoms with Crippen molar-refractivity contribution in [1.82, 2.24) is 19.8 Å². The molecule has 126 valence electrons. The van der Waals surface area contributed by atoms with Crippen LogP contribution in [-0.4, -0.2) is 34.0 Å². The van der Waals surface area contributed by atoms with Crippen LogP contribution in [0.5, 0.6) is 5.75 Å². The van der Waals surface area contributed by atoms with Gasteiger partial charge < -0.3 is 9.64 Å². The third-order valence-corrected chi connectivity index (χ3v) is 3.91. The largest absolute Gasteiger partial charge is 0.496 e. The van der Waals surface area contributed by atoms with Crippen molar-refractivity contribution >= 4 is 11.5 Å². The minimum absolute atomic E-state index is 0.119. The van der Waals surface area contributed by atoms with E-state index in [1.165, 1.54) is 0 Å². The van der Waals surface area contributed by atoms with Crippen LogP contribution in [0.2, 0.25) is 0 Å². The van der Waals surface area contributed by atoms with Crippen molar-refractivity contribution in [3.05, 3.63) is 47.8 Å². The van der Waals surface area contributed by atoms with Gasteiger partial charge in [-0.15, -0.1) is 15.3 Å². The van der Waals surface area contributed by atoms with Crippen LogP contribution in [-0.2, 0) is 12.0 Å². The van der Waals surface area contributed by atoms with Crippen LogP contribution in [0.1, 0.15) is 32.2 Å². The summed E-state index contributed by atoms with van der Waals surface area (Å²) in [6, 6.07) is 11.9. The molecule has 0 aliphatic carbocycles. The Hall–Kier alpha value is -2.63. The molecule has 0 unspecified atom stereocenters. The van der Waals surface area contributed by atoms with Crippen molar-refractivity contribution in [2.75, 3.05) is 19.1 Å². The molecule has 0 bridgehead atoms. The van der Waals surface area contributed by atoms with Gasteiger partial charge in [0.1, 0.15) is 11.6 Å². The summed E-state index contributed by atoms with van der Waals surface area (Å²) < 4.78 is 7.26. The fraction of sp³-hybridized carbons (Fsp3) is 0.389. The molecule has 0 saturated carbocycles. The van der Waals surface area contributed by atoms with E-state index >= 15 is 0 Å². The number of para-hydroxylation sites is 1. The number of ether oxygens (including phenoxy) is 1. The number of rotatable bonds is 4. The first-order valence-electron chi connectivity index (χ1n) is 7.96. The highest BCUT2D eigenvalue weighted by Crippen LogP contribution is 2.23. The maximum absolute atomic E-state index is 5.43. The van der Waals surface area contributed by atoms with E-state index in [1.807, 2.05) is 41.9 Å². The third-order valence-electron chi connectivity index (χ3n) is 3.91. The minimum atomic E-state index is -0.119. The molecule has 6 heteroatoms. The van der Waals surface area contributed by atoms with Crippen LogP contribution in [0.15, 0.2) is 36.4 Å². The summed E-state index contributed by atoms with van der Waals surface area (Å²) in [5.41, 5.74) is 1.75. The standard InChI is InChI=1S/C18H23N5O/c1-18(2,3)17-20-19-15-10-11-16(21-23(15)17)22(4)12-13-8-6-7-9-14(13)24-5/h6-11H,12H2,1-5H3. The van der Waals surface area contributed by atoms with E-state index in [0.29, 0.717) is 6.54 Å². The molecule has 0 amide bonds. The maximum Gasteiger partial charge on any atom is 0.178 e. The van der Waals surface area contributed by atoms with Gasteiger partial charge in [0.15, 0.2) is 11.5 Å². The molecular weight excluding hydrogens is 302 g/mol. The van der Waals surface area contributed by atoms with E-state index < -0.39 is 0 Å². The zero-order chi connectivity index (χ0) is 17.3. The Morgan fingerprint density at radius 1 is 1.08 bits per heavy atom. The summed E-state index contributed by atoms with van der Waals surface area (Å²) in [6.07, 6.45) is 0. The lowest BCUT2D eigenvalue weighted by Crippen LogP contribution is -2.21. The SMILES string of the molecule is COc1ccccc1CN(C)c1ccc2nnc(C(C)(C)C)n2n1. The molecule has 0 spiro atoms. The number of hydrogen-bond donors (Lipinski definition) is 0. The summed E-state index contributed by atoms with van der Waals surface area (Å²) in [5, 5.41) is 13.2. The summed E-state index contributed by atoms with van der Waals surface area (Å²) in [7, 11) is 3.71. The fourth-order valence-electron chi connectivity index (χ4n) is 2.62. The third kappa shape index (κ3) is 3.04. The quantitative estimate of drug-likeness (QED) is 0.738. The minimum Gasteiger partial charge on any atom is -0.496 e. The molecular formula is C18H23N5O. The van der Waals surface area contributed by atoms with Crippen LogP contribution < -0.4 is 9.64 Å². The van der Waals surface area contributed by atoms with Gasteiger partial charge in [-0.2, -0.15) is 4.52 Å². The first kappa shape index (κ1) is 16.2. The Bertz CT molecular complexity index is 850. The van der Waals surface area contributed by atoms with Gasteiger partial charge in [0.05, 0.1) is 7.11 Å². The molecule has 0 radical (unpaired) electrons. The molecule has 3 rings (SSSR count). The molecule has 0 aliphatic heterocycles. The van der Waals surface area contributed by atoms with Crippen molar-refractivity contribution in [2.45, 2.75) is 32.7 Å². The van der Waals surface area contributed by atoms with Crippen molar-refractivity contribution in [3.63, 3.8) is 0 Å². The van der Waals surface area contributed by atoms with Crippen LogP contribution >= 0.6 is 0 Å². The van der Waals surface area contributed by atoms with Crippen LogP contribution in [0, 0.1) is 0 Å². The lowest BCUT2D eigenvalue weighted by atomic mass is 9.96. The summed E-state index contributed by atoms with van der Waals surface area (Å²) in [4.78, 5) is 2.09. The monoisotopic (exact) mass is 325 g/mol. The molecule has 0 saturated heterocycles. The van der Waals surface area contributed by atoms with Gasteiger partial charge in [0.25, 0.3) is 0 Å². The second kappa shape index (κ2) is 6.11. The smallest absolute Gasteiger partial charge is 0.178 e. The molecule has 0 fully saturated rings. The van der Waals surface area contributed by atoms with Gasteiger partial charge in [0, 0.05) is 24.6 Å². The van der Waals surface area contributed by atoms with Crippen LogP contribution in [0.3, 0.4) is 0 Å². The molecule has 2 heterocycles. The Morgan fingerprint density at radius 3 is 2.54 bits per heavy atom. The summed E-state index contributed by atoms with van der Waals surface area (Å²) in [5.74, 6) is 2.59. The predicted molar refractivity (Wildman–Crippen MR) is 94.6 cm³/mol. The van der Waals surface area contributed by atoms with E-state index in [1.54, 1.807) is 7.11 Å². The Balaban J connectivity index is 1.94. The van der Waals surface area contributed by atoms with Crippen molar-refractivity contribution in [3.8, 4) is 5.75 Å².